The molecule has 0 fully saturated rings. The first kappa shape index (κ1) is 7.41. The van der Waals surface area contributed by atoms with Gasteiger partial charge < -0.3 is 5.32 Å². The molecule has 0 radical (unpaired) electrons. The quantitative estimate of drug-likeness (QED) is 0.501. The van der Waals surface area contributed by atoms with Gasteiger partial charge in [0.1, 0.15) is 0 Å². The Kier molecular flexibility index (Phi) is 2.57. The lowest BCUT2D eigenvalue weighted by Crippen LogP contribution is -2.06. The Balaban J connectivity index is 2.59. The van der Waals surface area contributed by atoms with Crippen LogP contribution in [0, 0.1) is 0 Å². The van der Waals surface area contributed by atoms with E-state index in [0.29, 0.717) is 0 Å². The first-order chi connectivity index (χ1) is 4.79. The molecule has 1 N–H and O–H groups in total. The van der Waals surface area contributed by atoms with Gasteiger partial charge in [0.15, 0.2) is 0 Å². The highest BCUT2D eigenvalue weighted by Crippen LogP contribution is 2.06. The summed E-state index contributed by atoms with van der Waals surface area (Å²) in [5, 5.41) is 3.31. The Hall–Kier alpha value is -0.700. The van der Waals surface area contributed by atoms with Crippen LogP contribution in [0.2, 0.25) is 0 Å². The number of nitrogens with zero attached hydrogens (tertiary/aromatic N) is 1. The molecule has 0 aromatic carbocycles. The minimum atomic E-state index is 0.183. The number of anilines is 1. The van der Waals surface area contributed by atoms with E-state index in [1.54, 1.807) is 12.4 Å². The average Bonchev–Trinajstić information content (AvgIpc) is 1.88. The molecule has 0 spiro atoms. The molecule has 0 aliphatic carbocycles. The molecule has 0 amide bonds. The molecule has 1 rings (SSSR count). The number of hydrogen-bond acceptors (Lipinski definition) is 3. The van der Waals surface area contributed by atoms with Crippen molar-refractivity contribution in [2.75, 3.05) is 5.32 Å². The maximum atomic E-state index is 4.18. The SMILES string of the molecule is CC(S)Nc1ccncc1. The summed E-state index contributed by atoms with van der Waals surface area (Å²) < 4.78 is 0. The third-order valence-corrected chi connectivity index (χ3v) is 1.18. The Labute approximate surface area is 66.1 Å². The van der Waals surface area contributed by atoms with Crippen molar-refractivity contribution >= 4 is 18.3 Å². The second-order valence-electron chi connectivity index (χ2n) is 2.06. The van der Waals surface area contributed by atoms with Gasteiger partial charge in [0.25, 0.3) is 0 Å². The summed E-state index contributed by atoms with van der Waals surface area (Å²) >= 11 is 4.18. The van der Waals surface area contributed by atoms with E-state index in [0.717, 1.165) is 5.69 Å². The van der Waals surface area contributed by atoms with Crippen molar-refractivity contribution in [1.29, 1.82) is 0 Å². The van der Waals surface area contributed by atoms with E-state index in [4.69, 9.17) is 0 Å². The van der Waals surface area contributed by atoms with Crippen LogP contribution in [0.5, 0.6) is 0 Å². The monoisotopic (exact) mass is 154 g/mol. The van der Waals surface area contributed by atoms with Gasteiger partial charge in [0, 0.05) is 18.1 Å². The Bertz CT molecular complexity index is 186. The topological polar surface area (TPSA) is 24.9 Å². The van der Waals surface area contributed by atoms with Crippen LogP contribution in [0.1, 0.15) is 6.92 Å². The number of pyridine rings is 1. The number of rotatable bonds is 2. The number of hydrogen-bond donors (Lipinski definition) is 2. The summed E-state index contributed by atoms with van der Waals surface area (Å²) in [4.78, 5) is 3.89. The van der Waals surface area contributed by atoms with Crippen molar-refractivity contribution < 1.29 is 0 Å². The van der Waals surface area contributed by atoms with Crippen LogP contribution < -0.4 is 5.32 Å². The van der Waals surface area contributed by atoms with Crippen LogP contribution in [-0.4, -0.2) is 10.4 Å². The van der Waals surface area contributed by atoms with Crippen LogP contribution in [0.3, 0.4) is 0 Å². The second-order valence-corrected chi connectivity index (χ2v) is 2.83. The average molecular weight is 154 g/mol. The van der Waals surface area contributed by atoms with Crippen LogP contribution in [0.4, 0.5) is 5.69 Å². The van der Waals surface area contributed by atoms with Gasteiger partial charge in [0.2, 0.25) is 0 Å². The highest BCUT2D eigenvalue weighted by atomic mass is 32.1. The molecule has 0 saturated carbocycles. The molecular formula is C7H10N2S. The fraction of sp³-hybridized carbons (Fsp3) is 0.286. The van der Waals surface area contributed by atoms with E-state index >= 15 is 0 Å². The van der Waals surface area contributed by atoms with Gasteiger partial charge in [-0.15, -0.1) is 0 Å². The lowest BCUT2D eigenvalue weighted by Gasteiger charge is -2.07. The molecule has 1 atom stereocenters. The van der Waals surface area contributed by atoms with Crippen LogP contribution >= 0.6 is 12.6 Å². The number of nitrogens with one attached hydrogen (secondary N) is 1. The Morgan fingerprint density at radius 1 is 1.50 bits per heavy atom. The lowest BCUT2D eigenvalue weighted by molar-refractivity contribution is 1.13. The second kappa shape index (κ2) is 3.46. The molecule has 0 saturated heterocycles. The first-order valence-corrected chi connectivity index (χ1v) is 3.65. The molecule has 2 nitrogen and oxygen atoms in total. The lowest BCUT2D eigenvalue weighted by atomic mass is 10.4. The van der Waals surface area contributed by atoms with Crippen LogP contribution in [0.25, 0.3) is 0 Å². The minimum Gasteiger partial charge on any atom is -0.374 e. The molecule has 0 bridgehead atoms. The van der Waals surface area contributed by atoms with Gasteiger partial charge in [-0.1, -0.05) is 0 Å². The van der Waals surface area contributed by atoms with Crippen molar-refractivity contribution in [2.24, 2.45) is 0 Å². The summed E-state index contributed by atoms with van der Waals surface area (Å²) in [6, 6.07) is 3.82. The zero-order valence-corrected chi connectivity index (χ0v) is 6.68. The maximum absolute atomic E-state index is 4.18. The third-order valence-electron chi connectivity index (χ3n) is 1.06. The van der Waals surface area contributed by atoms with Gasteiger partial charge in [-0.3, -0.25) is 4.98 Å². The van der Waals surface area contributed by atoms with E-state index in [9.17, 15) is 0 Å². The van der Waals surface area contributed by atoms with E-state index in [-0.39, 0.29) is 5.37 Å². The van der Waals surface area contributed by atoms with Crippen LogP contribution in [0.15, 0.2) is 24.5 Å². The van der Waals surface area contributed by atoms with Crippen LogP contribution in [-0.2, 0) is 0 Å². The van der Waals surface area contributed by atoms with Gasteiger partial charge in [-0.2, -0.15) is 12.6 Å². The molecular weight excluding hydrogens is 144 g/mol. The fourth-order valence-electron chi connectivity index (χ4n) is 0.689. The molecule has 1 aromatic heterocycles. The molecule has 0 aliphatic rings. The van der Waals surface area contributed by atoms with Gasteiger partial charge in [0.05, 0.1) is 5.37 Å². The molecule has 1 aromatic rings. The summed E-state index contributed by atoms with van der Waals surface area (Å²) in [5.41, 5.74) is 1.05. The standard InChI is InChI=1S/C7H10N2S/c1-6(10)9-7-2-4-8-5-3-7/h2-6,10H,1H3,(H,8,9). The predicted molar refractivity (Wildman–Crippen MR) is 46.3 cm³/mol. The maximum Gasteiger partial charge on any atom is 0.0665 e. The molecule has 3 heteroatoms. The molecule has 1 unspecified atom stereocenters. The number of thiol groups is 1. The van der Waals surface area contributed by atoms with E-state index in [1.807, 2.05) is 19.1 Å². The van der Waals surface area contributed by atoms with Crippen molar-refractivity contribution in [1.82, 2.24) is 4.98 Å². The van der Waals surface area contributed by atoms with Gasteiger partial charge in [-0.25, -0.2) is 0 Å². The Morgan fingerprint density at radius 3 is 2.60 bits per heavy atom. The highest BCUT2D eigenvalue weighted by Gasteiger charge is 1.91. The van der Waals surface area contributed by atoms with E-state index in [1.165, 1.54) is 0 Å². The normalized spacial score (nSPS) is 12.6. The summed E-state index contributed by atoms with van der Waals surface area (Å²) in [7, 11) is 0. The molecule has 54 valence electrons. The van der Waals surface area contributed by atoms with E-state index < -0.39 is 0 Å². The minimum absolute atomic E-state index is 0.183. The number of aromatic nitrogens is 1. The van der Waals surface area contributed by atoms with Crippen molar-refractivity contribution in [3.8, 4) is 0 Å². The predicted octanol–water partition coefficient (Wildman–Crippen LogP) is 1.77. The zero-order valence-electron chi connectivity index (χ0n) is 5.78. The smallest absolute Gasteiger partial charge is 0.0665 e. The van der Waals surface area contributed by atoms with Crippen molar-refractivity contribution in [2.45, 2.75) is 12.3 Å². The Morgan fingerprint density at radius 2 is 2.10 bits per heavy atom. The zero-order chi connectivity index (χ0) is 7.40. The van der Waals surface area contributed by atoms with Gasteiger partial charge in [-0.05, 0) is 19.1 Å². The van der Waals surface area contributed by atoms with Gasteiger partial charge >= 0.3 is 0 Å². The highest BCUT2D eigenvalue weighted by molar-refractivity contribution is 7.81. The summed E-state index contributed by atoms with van der Waals surface area (Å²) in [5.74, 6) is 0. The van der Waals surface area contributed by atoms with E-state index in [2.05, 4.69) is 22.9 Å². The molecule has 10 heavy (non-hydrogen) atoms. The molecule has 1 heterocycles. The van der Waals surface area contributed by atoms with Crippen molar-refractivity contribution in [3.63, 3.8) is 0 Å². The summed E-state index contributed by atoms with van der Waals surface area (Å²) in [6.45, 7) is 1.98. The molecule has 0 aliphatic heterocycles. The first-order valence-electron chi connectivity index (χ1n) is 3.13. The van der Waals surface area contributed by atoms with Crippen molar-refractivity contribution in [3.05, 3.63) is 24.5 Å². The third kappa shape index (κ3) is 2.27. The largest absolute Gasteiger partial charge is 0.374 e. The summed E-state index contributed by atoms with van der Waals surface area (Å²) in [6.07, 6.45) is 3.50. The fourth-order valence-corrected chi connectivity index (χ4v) is 0.838.